The van der Waals surface area contributed by atoms with Crippen molar-refractivity contribution < 1.29 is 17.0 Å². The Labute approximate surface area is 82.0 Å². The molecule has 0 bridgehead atoms. The third-order valence-electron chi connectivity index (χ3n) is 1.55. The first kappa shape index (κ1) is 10.7. The van der Waals surface area contributed by atoms with Crippen molar-refractivity contribution in [2.24, 2.45) is 0 Å². The molecule has 5 heteroatoms. The van der Waals surface area contributed by atoms with Gasteiger partial charge in [-0.05, 0) is 30.7 Å². The number of aryl methyl sites for hydroxylation is 1. The number of hydrogen-bond acceptors (Lipinski definition) is 3. The second-order valence-corrected chi connectivity index (χ2v) is 4.14. The van der Waals surface area contributed by atoms with E-state index in [9.17, 15) is 12.8 Å². The van der Waals surface area contributed by atoms with E-state index in [4.69, 9.17) is 0 Å². The van der Waals surface area contributed by atoms with Gasteiger partial charge in [-0.3, -0.25) is 0 Å². The van der Waals surface area contributed by atoms with Gasteiger partial charge in [-0.1, -0.05) is 6.58 Å². The Morgan fingerprint density at radius 1 is 1.50 bits per heavy atom. The summed E-state index contributed by atoms with van der Waals surface area (Å²) in [4.78, 5) is 0. The molecule has 0 spiro atoms. The highest BCUT2D eigenvalue weighted by molar-refractivity contribution is 7.90. The predicted octanol–water partition coefficient (Wildman–Crippen LogP) is 1.99. The van der Waals surface area contributed by atoms with Gasteiger partial charge >= 0.3 is 10.1 Å². The van der Waals surface area contributed by atoms with Crippen LogP contribution in [0.2, 0.25) is 0 Å². The zero-order chi connectivity index (χ0) is 10.8. The van der Waals surface area contributed by atoms with Crippen LogP contribution < -0.4 is 4.18 Å². The van der Waals surface area contributed by atoms with E-state index in [0.717, 1.165) is 6.07 Å². The maximum Gasteiger partial charge on any atom is 0.331 e. The summed E-state index contributed by atoms with van der Waals surface area (Å²) >= 11 is 0. The average Bonchev–Trinajstić information content (AvgIpc) is 2.11. The van der Waals surface area contributed by atoms with Crippen LogP contribution in [0.3, 0.4) is 0 Å². The van der Waals surface area contributed by atoms with E-state index < -0.39 is 15.9 Å². The van der Waals surface area contributed by atoms with E-state index in [1.165, 1.54) is 19.1 Å². The van der Waals surface area contributed by atoms with E-state index in [1.54, 1.807) is 0 Å². The van der Waals surface area contributed by atoms with Crippen LogP contribution in [0.1, 0.15) is 5.56 Å². The largest absolute Gasteiger partial charge is 0.379 e. The first-order valence-electron chi connectivity index (χ1n) is 3.78. The topological polar surface area (TPSA) is 43.4 Å². The van der Waals surface area contributed by atoms with Crippen molar-refractivity contribution in [3.8, 4) is 5.75 Å². The summed E-state index contributed by atoms with van der Waals surface area (Å²) in [6, 6.07) is 3.68. The lowest BCUT2D eigenvalue weighted by atomic mass is 10.2. The molecule has 14 heavy (non-hydrogen) atoms. The van der Waals surface area contributed by atoms with Gasteiger partial charge in [-0.15, -0.1) is 0 Å². The SMILES string of the molecule is C=CS(=O)(=O)Oc1ccc(F)c(C)c1. The summed E-state index contributed by atoms with van der Waals surface area (Å²) < 4.78 is 39.2. The molecule has 0 N–H and O–H groups in total. The fraction of sp³-hybridized carbons (Fsp3) is 0.111. The average molecular weight is 216 g/mol. The van der Waals surface area contributed by atoms with Crippen LogP contribution in [-0.2, 0) is 10.1 Å². The van der Waals surface area contributed by atoms with Crippen molar-refractivity contribution in [1.29, 1.82) is 0 Å². The molecule has 0 saturated carbocycles. The smallest absolute Gasteiger partial charge is 0.331 e. The van der Waals surface area contributed by atoms with Crippen molar-refractivity contribution in [2.75, 3.05) is 0 Å². The van der Waals surface area contributed by atoms with Crippen molar-refractivity contribution in [3.05, 3.63) is 41.6 Å². The summed E-state index contributed by atoms with van der Waals surface area (Å²) in [5, 5.41) is 0.686. The third-order valence-corrected chi connectivity index (χ3v) is 2.38. The molecule has 0 atom stereocenters. The van der Waals surface area contributed by atoms with Crippen LogP contribution in [0.15, 0.2) is 30.2 Å². The van der Waals surface area contributed by atoms with Gasteiger partial charge in [-0.2, -0.15) is 8.42 Å². The summed E-state index contributed by atoms with van der Waals surface area (Å²) in [7, 11) is -3.76. The molecular weight excluding hydrogens is 207 g/mol. The lowest BCUT2D eigenvalue weighted by Gasteiger charge is -2.03. The summed E-state index contributed by atoms with van der Waals surface area (Å²) in [6.07, 6.45) is 0. The molecule has 0 unspecified atom stereocenters. The minimum absolute atomic E-state index is 0.0730. The Bertz CT molecular complexity index is 451. The van der Waals surface area contributed by atoms with Gasteiger partial charge in [0.05, 0.1) is 5.41 Å². The Morgan fingerprint density at radius 3 is 2.64 bits per heavy atom. The molecule has 0 heterocycles. The van der Waals surface area contributed by atoms with E-state index in [-0.39, 0.29) is 5.75 Å². The molecule has 0 aliphatic carbocycles. The van der Waals surface area contributed by atoms with E-state index in [0.29, 0.717) is 11.0 Å². The Balaban J connectivity index is 3.00. The van der Waals surface area contributed by atoms with Gasteiger partial charge < -0.3 is 4.18 Å². The number of halogens is 1. The monoisotopic (exact) mass is 216 g/mol. The summed E-state index contributed by atoms with van der Waals surface area (Å²) in [5.74, 6) is -0.336. The summed E-state index contributed by atoms with van der Waals surface area (Å²) in [6.45, 7) is 4.60. The zero-order valence-electron chi connectivity index (χ0n) is 7.53. The summed E-state index contributed by atoms with van der Waals surface area (Å²) in [5.41, 5.74) is 0.321. The van der Waals surface area contributed by atoms with Crippen LogP contribution in [-0.4, -0.2) is 8.42 Å². The quantitative estimate of drug-likeness (QED) is 0.726. The van der Waals surface area contributed by atoms with Crippen molar-refractivity contribution in [1.82, 2.24) is 0 Å². The predicted molar refractivity (Wildman–Crippen MR) is 50.9 cm³/mol. The highest BCUT2D eigenvalue weighted by Gasteiger charge is 2.07. The third kappa shape index (κ3) is 2.56. The molecule has 0 amide bonds. The fourth-order valence-electron chi connectivity index (χ4n) is 0.837. The van der Waals surface area contributed by atoms with E-state index in [2.05, 4.69) is 10.8 Å². The molecule has 0 fully saturated rings. The minimum atomic E-state index is -3.76. The molecule has 76 valence electrons. The number of hydrogen-bond donors (Lipinski definition) is 0. The van der Waals surface area contributed by atoms with Gasteiger partial charge in [0.25, 0.3) is 0 Å². The molecule has 3 nitrogen and oxygen atoms in total. The van der Waals surface area contributed by atoms with Gasteiger partial charge in [0.15, 0.2) is 0 Å². The zero-order valence-corrected chi connectivity index (χ0v) is 8.34. The van der Waals surface area contributed by atoms with Crippen molar-refractivity contribution in [3.63, 3.8) is 0 Å². The maximum atomic E-state index is 12.8. The van der Waals surface area contributed by atoms with Gasteiger partial charge in [-0.25, -0.2) is 4.39 Å². The highest BCUT2D eigenvalue weighted by atomic mass is 32.2. The molecule has 0 aliphatic heterocycles. The first-order chi connectivity index (χ1) is 6.44. The second-order valence-electron chi connectivity index (χ2n) is 2.65. The molecular formula is C9H9FO3S. The molecule has 1 aromatic carbocycles. The van der Waals surface area contributed by atoms with Crippen LogP contribution in [0, 0.1) is 12.7 Å². The Kier molecular flexibility index (Phi) is 2.90. The molecule has 1 rings (SSSR count). The van der Waals surface area contributed by atoms with E-state index >= 15 is 0 Å². The highest BCUT2D eigenvalue weighted by Crippen LogP contribution is 2.17. The van der Waals surface area contributed by atoms with Gasteiger partial charge in [0.2, 0.25) is 0 Å². The molecule has 0 aliphatic rings. The van der Waals surface area contributed by atoms with Crippen LogP contribution in [0.25, 0.3) is 0 Å². The second kappa shape index (κ2) is 3.79. The van der Waals surface area contributed by atoms with Gasteiger partial charge in [0.1, 0.15) is 11.6 Å². The molecule has 0 saturated heterocycles. The standard InChI is InChI=1S/C9H9FO3S/c1-3-14(11,12)13-8-4-5-9(10)7(2)6-8/h3-6H,1H2,2H3. The van der Waals surface area contributed by atoms with Crippen LogP contribution in [0.4, 0.5) is 4.39 Å². The normalized spacial score (nSPS) is 11.0. The van der Waals surface area contributed by atoms with Crippen LogP contribution in [0.5, 0.6) is 5.75 Å². The Morgan fingerprint density at radius 2 is 2.14 bits per heavy atom. The van der Waals surface area contributed by atoms with Crippen molar-refractivity contribution in [2.45, 2.75) is 6.92 Å². The first-order valence-corrected chi connectivity index (χ1v) is 5.25. The van der Waals surface area contributed by atoms with Crippen molar-refractivity contribution >= 4 is 10.1 Å². The Hall–Kier alpha value is -1.36. The molecule has 0 radical (unpaired) electrons. The maximum absolute atomic E-state index is 12.8. The van der Waals surface area contributed by atoms with Crippen LogP contribution >= 0.6 is 0 Å². The minimum Gasteiger partial charge on any atom is -0.379 e. The number of benzene rings is 1. The lowest BCUT2D eigenvalue weighted by molar-refractivity contribution is 0.495. The molecule has 1 aromatic rings. The fourth-order valence-corrected chi connectivity index (χ4v) is 1.28. The molecule has 0 aromatic heterocycles. The number of rotatable bonds is 3. The van der Waals surface area contributed by atoms with Gasteiger partial charge in [0, 0.05) is 0 Å². The lowest BCUT2D eigenvalue weighted by Crippen LogP contribution is -2.04. The van der Waals surface area contributed by atoms with E-state index in [1.807, 2.05) is 0 Å².